The summed E-state index contributed by atoms with van der Waals surface area (Å²) in [6.07, 6.45) is 0.564. The van der Waals surface area contributed by atoms with E-state index >= 15 is 0 Å². The maximum atomic E-state index is 11.1. The molecule has 1 rings (SSSR count). The Morgan fingerprint density at radius 3 is 2.24 bits per heavy atom. The number of aromatic hydroxyl groups is 1. The second-order valence-corrected chi connectivity index (χ2v) is 5.03. The molecule has 0 amide bonds. The highest BCUT2D eigenvalue weighted by Gasteiger charge is 2.25. The first-order valence-electron chi connectivity index (χ1n) is 5.25. The molecule has 92 valence electrons. The van der Waals surface area contributed by atoms with Crippen molar-refractivity contribution in [2.75, 3.05) is 0 Å². The first-order valence-corrected chi connectivity index (χ1v) is 5.25. The van der Waals surface area contributed by atoms with E-state index in [2.05, 4.69) is 0 Å². The van der Waals surface area contributed by atoms with Crippen LogP contribution in [0, 0.1) is 6.92 Å². The van der Waals surface area contributed by atoms with Crippen LogP contribution in [0.1, 0.15) is 52.6 Å². The van der Waals surface area contributed by atoms with Crippen molar-refractivity contribution in [2.45, 2.75) is 33.1 Å². The number of phenolic OH excluding ortho intramolecular Hbond substituents is 1. The van der Waals surface area contributed by atoms with Gasteiger partial charge in [-0.15, -0.1) is 0 Å². The van der Waals surface area contributed by atoms with E-state index in [9.17, 15) is 14.7 Å². The minimum Gasteiger partial charge on any atom is -0.507 e. The molecule has 0 aromatic heterocycles. The Morgan fingerprint density at radius 2 is 1.88 bits per heavy atom. The summed E-state index contributed by atoms with van der Waals surface area (Å²) in [5.74, 6) is -1.36. The van der Waals surface area contributed by atoms with Gasteiger partial charge < -0.3 is 10.2 Å². The molecule has 0 unspecified atom stereocenters. The summed E-state index contributed by atoms with van der Waals surface area (Å²) in [4.78, 5) is 22.1. The van der Waals surface area contributed by atoms with E-state index in [0.29, 0.717) is 11.8 Å². The number of hydrogen-bond donors (Lipinski definition) is 2. The summed E-state index contributed by atoms with van der Waals surface area (Å²) in [5.41, 5.74) is 0.532. The van der Waals surface area contributed by atoms with Gasteiger partial charge in [-0.25, -0.2) is 4.79 Å². The molecule has 0 radical (unpaired) electrons. The number of aromatic carboxylic acids is 1. The van der Waals surface area contributed by atoms with Crippen LogP contribution in [-0.4, -0.2) is 22.5 Å². The van der Waals surface area contributed by atoms with Crippen molar-refractivity contribution in [2.24, 2.45) is 0 Å². The monoisotopic (exact) mass is 236 g/mol. The van der Waals surface area contributed by atoms with E-state index < -0.39 is 11.4 Å². The largest absolute Gasteiger partial charge is 0.507 e. The smallest absolute Gasteiger partial charge is 0.336 e. The fraction of sp³-hybridized carbons (Fsp3) is 0.385. The molecule has 0 aliphatic carbocycles. The van der Waals surface area contributed by atoms with E-state index in [4.69, 9.17) is 5.11 Å². The third-order valence-corrected chi connectivity index (χ3v) is 2.75. The van der Waals surface area contributed by atoms with Crippen molar-refractivity contribution in [1.29, 1.82) is 0 Å². The zero-order chi connectivity index (χ0) is 13.4. The molecule has 0 spiro atoms. The van der Waals surface area contributed by atoms with Crippen LogP contribution in [-0.2, 0) is 5.41 Å². The van der Waals surface area contributed by atoms with Crippen molar-refractivity contribution in [3.8, 4) is 5.75 Å². The summed E-state index contributed by atoms with van der Waals surface area (Å²) in [5, 5.41) is 18.9. The molecule has 2 N–H and O–H groups in total. The van der Waals surface area contributed by atoms with Crippen LogP contribution in [0.2, 0.25) is 0 Å². The molecule has 0 bridgehead atoms. The highest BCUT2D eigenvalue weighted by atomic mass is 16.4. The van der Waals surface area contributed by atoms with Crippen molar-refractivity contribution >= 4 is 12.3 Å². The lowest BCUT2D eigenvalue weighted by Crippen LogP contribution is -2.16. The van der Waals surface area contributed by atoms with Gasteiger partial charge in [-0.1, -0.05) is 20.8 Å². The van der Waals surface area contributed by atoms with Crippen molar-refractivity contribution < 1.29 is 19.8 Å². The second-order valence-electron chi connectivity index (χ2n) is 5.03. The summed E-state index contributed by atoms with van der Waals surface area (Å²) >= 11 is 0. The number of carbonyl (C=O) groups excluding carboxylic acids is 1. The van der Waals surface area contributed by atoms with Crippen LogP contribution in [0.4, 0.5) is 0 Å². The van der Waals surface area contributed by atoms with E-state index in [1.807, 2.05) is 20.8 Å². The van der Waals surface area contributed by atoms with Crippen molar-refractivity contribution in [1.82, 2.24) is 0 Å². The quantitative estimate of drug-likeness (QED) is 0.774. The Hall–Kier alpha value is -1.84. The molecule has 0 saturated heterocycles. The molecule has 4 nitrogen and oxygen atoms in total. The molecule has 1 aromatic carbocycles. The predicted molar refractivity (Wildman–Crippen MR) is 63.9 cm³/mol. The van der Waals surface area contributed by atoms with Gasteiger partial charge in [-0.3, -0.25) is 4.79 Å². The Balaban J connectivity index is 3.71. The zero-order valence-corrected chi connectivity index (χ0v) is 10.4. The van der Waals surface area contributed by atoms with Gasteiger partial charge >= 0.3 is 5.97 Å². The third kappa shape index (κ3) is 2.30. The summed E-state index contributed by atoms with van der Waals surface area (Å²) in [7, 11) is 0. The number of phenols is 1. The van der Waals surface area contributed by atoms with E-state index in [1.165, 1.54) is 13.0 Å². The Kier molecular flexibility index (Phi) is 3.27. The number of aldehydes is 1. The van der Waals surface area contributed by atoms with Gasteiger partial charge in [0, 0.05) is 5.56 Å². The number of hydrogen-bond acceptors (Lipinski definition) is 3. The third-order valence-electron chi connectivity index (χ3n) is 2.75. The van der Waals surface area contributed by atoms with Crippen LogP contribution in [0.25, 0.3) is 0 Å². The highest BCUT2D eigenvalue weighted by Crippen LogP contribution is 2.34. The molecule has 4 heteroatoms. The van der Waals surface area contributed by atoms with Gasteiger partial charge in [-0.2, -0.15) is 0 Å². The topological polar surface area (TPSA) is 74.6 Å². The molecule has 17 heavy (non-hydrogen) atoms. The van der Waals surface area contributed by atoms with Crippen molar-refractivity contribution in [3.63, 3.8) is 0 Å². The van der Waals surface area contributed by atoms with Gasteiger partial charge in [0.05, 0.1) is 11.1 Å². The van der Waals surface area contributed by atoms with Gasteiger partial charge in [-0.05, 0) is 24.0 Å². The lowest BCUT2D eigenvalue weighted by molar-refractivity contribution is 0.0695. The molecular weight excluding hydrogens is 220 g/mol. The normalized spacial score (nSPS) is 11.3. The molecular formula is C13H16O4. The van der Waals surface area contributed by atoms with Crippen molar-refractivity contribution in [3.05, 3.63) is 28.3 Å². The maximum Gasteiger partial charge on any atom is 0.336 e. The summed E-state index contributed by atoms with van der Waals surface area (Å²) in [6.45, 7) is 7.05. The average molecular weight is 236 g/mol. The SMILES string of the molecule is Cc1c(C(=O)O)cc(C(C)(C)C)c(C=O)c1O. The van der Waals surface area contributed by atoms with Gasteiger partial charge in [0.25, 0.3) is 0 Å². The van der Waals surface area contributed by atoms with Crippen LogP contribution >= 0.6 is 0 Å². The summed E-state index contributed by atoms with van der Waals surface area (Å²) in [6, 6.07) is 1.46. The molecule has 0 atom stereocenters. The number of benzene rings is 1. The lowest BCUT2D eigenvalue weighted by Gasteiger charge is -2.23. The maximum absolute atomic E-state index is 11.1. The first kappa shape index (κ1) is 13.2. The molecule has 0 heterocycles. The van der Waals surface area contributed by atoms with Crippen LogP contribution in [0.5, 0.6) is 5.75 Å². The average Bonchev–Trinajstić information content (AvgIpc) is 2.19. The predicted octanol–water partition coefficient (Wildman–Crippen LogP) is 2.51. The molecule has 1 aromatic rings. The Morgan fingerprint density at radius 1 is 1.35 bits per heavy atom. The van der Waals surface area contributed by atoms with E-state index in [1.54, 1.807) is 0 Å². The van der Waals surface area contributed by atoms with E-state index in [0.717, 1.165) is 0 Å². The molecule has 0 fully saturated rings. The second kappa shape index (κ2) is 4.20. The molecule has 0 aliphatic rings. The van der Waals surface area contributed by atoms with Crippen LogP contribution < -0.4 is 0 Å². The van der Waals surface area contributed by atoms with E-state index in [-0.39, 0.29) is 22.4 Å². The number of rotatable bonds is 2. The number of carbonyl (C=O) groups is 2. The minimum absolute atomic E-state index is 0.0259. The number of carboxylic acid groups (broad SMARTS) is 1. The minimum atomic E-state index is -1.11. The Bertz CT molecular complexity index is 481. The fourth-order valence-electron chi connectivity index (χ4n) is 1.75. The Labute approximate surface area is 99.9 Å². The highest BCUT2D eigenvalue weighted by molar-refractivity contribution is 5.94. The van der Waals surface area contributed by atoms with Gasteiger partial charge in [0.15, 0.2) is 6.29 Å². The first-order chi connectivity index (χ1) is 7.70. The lowest BCUT2D eigenvalue weighted by atomic mass is 9.81. The zero-order valence-electron chi connectivity index (χ0n) is 10.4. The fourth-order valence-corrected chi connectivity index (χ4v) is 1.75. The standard InChI is InChI=1S/C13H16O4/c1-7-8(12(16)17)5-10(13(2,3)4)9(6-14)11(7)15/h5-6,15H,1-4H3,(H,16,17). The molecule has 0 aliphatic heterocycles. The number of carboxylic acids is 1. The van der Waals surface area contributed by atoms with Crippen LogP contribution in [0.15, 0.2) is 6.07 Å². The molecule has 0 saturated carbocycles. The van der Waals surface area contributed by atoms with Crippen LogP contribution in [0.3, 0.4) is 0 Å². The van der Waals surface area contributed by atoms with Gasteiger partial charge in [0.1, 0.15) is 5.75 Å². The summed E-state index contributed by atoms with van der Waals surface area (Å²) < 4.78 is 0. The van der Waals surface area contributed by atoms with Gasteiger partial charge in [0.2, 0.25) is 0 Å².